The molecule has 0 spiro atoms. The molecule has 88 valence electrons. The largest absolute Gasteiger partial charge is 0.354 e. The molecule has 0 amide bonds. The Labute approximate surface area is 110 Å². The molecule has 1 heterocycles. The molecule has 0 saturated carbocycles. The summed E-state index contributed by atoms with van der Waals surface area (Å²) in [6.07, 6.45) is 5.37. The molecule has 0 saturated heterocycles. The first kappa shape index (κ1) is 12.1. The molecule has 17 heavy (non-hydrogen) atoms. The molecule has 1 aromatic rings. The molecule has 1 aromatic carbocycles. The van der Waals surface area contributed by atoms with E-state index in [1.54, 1.807) is 18.2 Å². The first-order valence-electron chi connectivity index (χ1n) is 5.17. The van der Waals surface area contributed by atoms with Crippen LogP contribution in [0.1, 0.15) is 0 Å². The average molecular weight is 268 g/mol. The van der Waals surface area contributed by atoms with Gasteiger partial charge in [-0.25, -0.2) is 0 Å². The van der Waals surface area contributed by atoms with Crippen LogP contribution < -0.4 is 10.2 Å². The van der Waals surface area contributed by atoms with Crippen LogP contribution >= 0.6 is 23.2 Å². The molecule has 0 aromatic heterocycles. The standard InChI is InChI=1S/C12H11Cl2N3/c1-2-7-17(12-15-5-6-16-12)11-8-9(13)3-4-10(11)14/h1,3-4,8H,5-7H2,(H,15,16). The Hall–Kier alpha value is -1.37. The third kappa shape index (κ3) is 2.66. The van der Waals surface area contributed by atoms with Crippen LogP contribution in [0.5, 0.6) is 0 Å². The molecule has 0 atom stereocenters. The fourth-order valence-electron chi connectivity index (χ4n) is 1.62. The maximum absolute atomic E-state index is 6.15. The molecule has 0 fully saturated rings. The minimum absolute atomic E-state index is 0.395. The SMILES string of the molecule is C#CCN(C1=NCCN1)c1cc(Cl)ccc1Cl. The lowest BCUT2D eigenvalue weighted by Gasteiger charge is -2.23. The highest BCUT2D eigenvalue weighted by Crippen LogP contribution is 2.29. The number of nitrogens with zero attached hydrogens (tertiary/aromatic N) is 2. The molecule has 1 aliphatic heterocycles. The number of aliphatic imine (C=N–C) groups is 1. The van der Waals surface area contributed by atoms with Crippen molar-refractivity contribution in [2.45, 2.75) is 0 Å². The maximum atomic E-state index is 6.15. The van der Waals surface area contributed by atoms with Gasteiger partial charge in [-0.2, -0.15) is 0 Å². The van der Waals surface area contributed by atoms with E-state index >= 15 is 0 Å². The van der Waals surface area contributed by atoms with Crippen molar-refractivity contribution in [1.29, 1.82) is 0 Å². The van der Waals surface area contributed by atoms with Crippen molar-refractivity contribution in [3.05, 3.63) is 28.2 Å². The number of benzene rings is 1. The van der Waals surface area contributed by atoms with Crippen LogP contribution in [0.25, 0.3) is 0 Å². The highest BCUT2D eigenvalue weighted by Gasteiger charge is 2.18. The van der Waals surface area contributed by atoms with Crippen LogP contribution in [0.2, 0.25) is 10.0 Å². The smallest absolute Gasteiger partial charge is 0.199 e. The molecular formula is C12H11Cl2N3. The Morgan fingerprint density at radius 3 is 2.94 bits per heavy atom. The quantitative estimate of drug-likeness (QED) is 0.834. The van der Waals surface area contributed by atoms with Gasteiger partial charge in [-0.05, 0) is 18.2 Å². The summed E-state index contributed by atoms with van der Waals surface area (Å²) in [6.45, 7) is 1.95. The predicted octanol–water partition coefficient (Wildman–Crippen LogP) is 2.39. The second-order valence-electron chi connectivity index (χ2n) is 3.52. The fraction of sp³-hybridized carbons (Fsp3) is 0.250. The third-order valence-electron chi connectivity index (χ3n) is 2.36. The van der Waals surface area contributed by atoms with Crippen molar-refractivity contribution in [3.63, 3.8) is 0 Å². The summed E-state index contributed by atoms with van der Waals surface area (Å²) >= 11 is 12.1. The van der Waals surface area contributed by atoms with E-state index in [1.165, 1.54) is 0 Å². The number of guanidine groups is 1. The molecule has 0 unspecified atom stereocenters. The second kappa shape index (κ2) is 5.31. The Morgan fingerprint density at radius 2 is 2.29 bits per heavy atom. The lowest BCUT2D eigenvalue weighted by Crippen LogP contribution is -2.39. The van der Waals surface area contributed by atoms with Crippen molar-refractivity contribution >= 4 is 34.8 Å². The van der Waals surface area contributed by atoms with E-state index in [2.05, 4.69) is 16.2 Å². The Morgan fingerprint density at radius 1 is 1.47 bits per heavy atom. The van der Waals surface area contributed by atoms with E-state index in [-0.39, 0.29) is 0 Å². The van der Waals surface area contributed by atoms with Crippen molar-refractivity contribution in [3.8, 4) is 12.3 Å². The lowest BCUT2D eigenvalue weighted by molar-refractivity contribution is 0.947. The normalized spacial score (nSPS) is 13.8. The van der Waals surface area contributed by atoms with Crippen molar-refractivity contribution in [2.75, 3.05) is 24.5 Å². The number of hydrogen-bond acceptors (Lipinski definition) is 3. The molecule has 1 aliphatic rings. The Bertz CT molecular complexity index is 491. The lowest BCUT2D eigenvalue weighted by atomic mass is 10.3. The van der Waals surface area contributed by atoms with E-state index in [0.29, 0.717) is 16.6 Å². The van der Waals surface area contributed by atoms with Gasteiger partial charge in [0.1, 0.15) is 0 Å². The number of terminal acetylenes is 1. The fourth-order valence-corrected chi connectivity index (χ4v) is 2.01. The zero-order valence-electron chi connectivity index (χ0n) is 9.08. The molecule has 1 N–H and O–H groups in total. The summed E-state index contributed by atoms with van der Waals surface area (Å²) in [7, 11) is 0. The Balaban J connectivity index is 2.38. The average Bonchev–Trinajstić information content (AvgIpc) is 2.83. The van der Waals surface area contributed by atoms with Gasteiger partial charge < -0.3 is 5.32 Å². The van der Waals surface area contributed by atoms with Gasteiger partial charge in [0.15, 0.2) is 5.96 Å². The van der Waals surface area contributed by atoms with Crippen LogP contribution in [0.15, 0.2) is 23.2 Å². The zero-order chi connectivity index (χ0) is 12.3. The first-order chi connectivity index (χ1) is 8.22. The zero-order valence-corrected chi connectivity index (χ0v) is 10.6. The molecule has 5 heteroatoms. The second-order valence-corrected chi connectivity index (χ2v) is 4.36. The van der Waals surface area contributed by atoms with Gasteiger partial charge >= 0.3 is 0 Å². The molecule has 2 rings (SSSR count). The molecule has 3 nitrogen and oxygen atoms in total. The van der Waals surface area contributed by atoms with Gasteiger partial charge in [-0.3, -0.25) is 9.89 Å². The summed E-state index contributed by atoms with van der Waals surface area (Å²) in [5, 5.41) is 4.38. The summed E-state index contributed by atoms with van der Waals surface area (Å²) in [6, 6.07) is 5.27. The molecular weight excluding hydrogens is 257 g/mol. The van der Waals surface area contributed by atoms with Crippen LogP contribution in [0, 0.1) is 12.3 Å². The summed E-state index contributed by atoms with van der Waals surface area (Å²) in [5.41, 5.74) is 0.769. The monoisotopic (exact) mass is 267 g/mol. The topological polar surface area (TPSA) is 27.6 Å². The number of rotatable bonds is 2. The van der Waals surface area contributed by atoms with Gasteiger partial charge in [-0.1, -0.05) is 29.1 Å². The number of halogens is 2. The summed E-state index contributed by atoms with van der Waals surface area (Å²) in [4.78, 5) is 6.18. The van der Waals surface area contributed by atoms with Gasteiger partial charge in [0.2, 0.25) is 0 Å². The van der Waals surface area contributed by atoms with Crippen LogP contribution in [0.3, 0.4) is 0 Å². The van der Waals surface area contributed by atoms with Crippen molar-refractivity contribution in [1.82, 2.24) is 5.32 Å². The van der Waals surface area contributed by atoms with E-state index < -0.39 is 0 Å². The highest BCUT2D eigenvalue weighted by molar-refractivity contribution is 6.35. The van der Waals surface area contributed by atoms with Gasteiger partial charge in [-0.15, -0.1) is 6.42 Å². The number of anilines is 1. The Kier molecular flexibility index (Phi) is 3.78. The van der Waals surface area contributed by atoms with Gasteiger partial charge in [0.25, 0.3) is 0 Å². The van der Waals surface area contributed by atoms with Crippen LogP contribution in [-0.4, -0.2) is 25.6 Å². The molecule has 0 bridgehead atoms. The first-order valence-corrected chi connectivity index (χ1v) is 5.92. The third-order valence-corrected chi connectivity index (χ3v) is 2.92. The van der Waals surface area contributed by atoms with Crippen molar-refractivity contribution < 1.29 is 0 Å². The van der Waals surface area contributed by atoms with E-state index in [0.717, 1.165) is 24.7 Å². The van der Waals surface area contributed by atoms with Gasteiger partial charge in [0.05, 0.1) is 23.8 Å². The molecule has 0 aliphatic carbocycles. The number of nitrogens with one attached hydrogen (secondary N) is 1. The summed E-state index contributed by atoms with van der Waals surface area (Å²) in [5.74, 6) is 3.34. The van der Waals surface area contributed by atoms with E-state index in [4.69, 9.17) is 29.6 Å². The maximum Gasteiger partial charge on any atom is 0.199 e. The van der Waals surface area contributed by atoms with E-state index in [1.807, 2.05) is 4.90 Å². The van der Waals surface area contributed by atoms with Gasteiger partial charge in [0, 0.05) is 11.6 Å². The van der Waals surface area contributed by atoms with Crippen molar-refractivity contribution in [2.24, 2.45) is 4.99 Å². The van der Waals surface area contributed by atoms with Crippen LogP contribution in [-0.2, 0) is 0 Å². The summed E-state index contributed by atoms with van der Waals surface area (Å²) < 4.78 is 0. The van der Waals surface area contributed by atoms with E-state index in [9.17, 15) is 0 Å². The number of hydrogen-bond donors (Lipinski definition) is 1. The van der Waals surface area contributed by atoms with Crippen LogP contribution in [0.4, 0.5) is 5.69 Å². The minimum atomic E-state index is 0.395. The molecule has 0 radical (unpaired) electrons. The minimum Gasteiger partial charge on any atom is -0.354 e. The predicted molar refractivity (Wildman–Crippen MR) is 72.9 cm³/mol. The highest BCUT2D eigenvalue weighted by atomic mass is 35.5.